The van der Waals surface area contributed by atoms with Crippen LogP contribution in [0.15, 0.2) is 54.7 Å². The Hall–Kier alpha value is -3.04. The average Bonchev–Trinajstić information content (AvgIpc) is 3.33. The number of amides is 2. The van der Waals surface area contributed by atoms with E-state index in [1.54, 1.807) is 32.7 Å². The Balaban J connectivity index is 0.000000333. The highest BCUT2D eigenvalue weighted by molar-refractivity contribution is 7.82. The van der Waals surface area contributed by atoms with Crippen LogP contribution in [0.2, 0.25) is 0 Å². The van der Waals surface area contributed by atoms with Crippen LogP contribution in [-0.4, -0.2) is 41.2 Å². The number of benzene rings is 2. The molecule has 3 aromatic rings. The van der Waals surface area contributed by atoms with Crippen LogP contribution in [0, 0.1) is 12.8 Å². The number of pyridine rings is 1. The fraction of sp³-hybridized carbons (Fsp3) is 0.514. The molecule has 0 aliphatic carbocycles. The van der Waals surface area contributed by atoms with Gasteiger partial charge in [0.2, 0.25) is 0 Å². The van der Waals surface area contributed by atoms with Crippen molar-refractivity contribution in [3.05, 3.63) is 60.3 Å². The van der Waals surface area contributed by atoms with Crippen molar-refractivity contribution in [1.82, 2.24) is 10.4 Å². The number of rotatable bonds is 12. The summed E-state index contributed by atoms with van der Waals surface area (Å²) in [7, 11) is 1.78. The van der Waals surface area contributed by atoms with E-state index in [1.807, 2.05) is 38.1 Å². The van der Waals surface area contributed by atoms with Crippen LogP contribution in [0.4, 0.5) is 5.69 Å². The van der Waals surface area contributed by atoms with Crippen molar-refractivity contribution < 1.29 is 19.0 Å². The summed E-state index contributed by atoms with van der Waals surface area (Å²) in [4.78, 5) is 28.1. The van der Waals surface area contributed by atoms with Gasteiger partial charge >= 0.3 is 7.48 Å². The second-order valence-corrected chi connectivity index (χ2v) is 11.6. The molecule has 0 spiro atoms. The molecule has 239 valence electrons. The molecule has 2 heterocycles. The lowest BCUT2D eigenvalue weighted by Crippen LogP contribution is -2.52. The molecule has 1 aromatic heterocycles. The van der Waals surface area contributed by atoms with Crippen molar-refractivity contribution in [3.63, 3.8) is 0 Å². The first-order valence-corrected chi connectivity index (χ1v) is 16.5. The smallest absolute Gasteiger partial charge is 0.330 e. The zero-order valence-electron chi connectivity index (χ0n) is 28.1. The third-order valence-corrected chi connectivity index (χ3v) is 9.39. The van der Waals surface area contributed by atoms with Crippen LogP contribution in [0.5, 0.6) is 5.75 Å². The standard InChI is InChI=1S/C20H30BN2O3S.C13H15NO.C2H6/c1-6-19(7-2,20(27,8-3)9-4)26-21-15-10-12-16(13-11-15)23-18(25)14(5)17(24)22-23;1-3-9-15-12-7-6-10(2)11-5-4-8-14-13(11)12;1-2/h10-14,27H,6-9H2,1-5H3,(H,22,24);4-8H,3,9H2,1-2H3;1-2H3. The topological polar surface area (TPSA) is 80.8 Å². The van der Waals surface area contributed by atoms with Crippen molar-refractivity contribution in [3.8, 4) is 5.75 Å². The van der Waals surface area contributed by atoms with E-state index in [-0.39, 0.29) is 22.2 Å². The Morgan fingerprint density at radius 3 is 2.11 bits per heavy atom. The first-order valence-electron chi connectivity index (χ1n) is 16.0. The fourth-order valence-corrected chi connectivity index (χ4v) is 5.71. The monoisotopic (exact) mass is 620 g/mol. The molecular formula is C35H51BN3O4S. The van der Waals surface area contributed by atoms with Gasteiger partial charge in [0.1, 0.15) is 17.2 Å². The number of ether oxygens (including phenoxy) is 1. The SMILES string of the molecule is CC.CCC(S)(CC)C(CC)(CC)O[B]c1ccc(N2NC(=O)C(C)C2=O)cc1.CCCOc1ccc(C)c2cccnc12. The zero-order valence-corrected chi connectivity index (χ0v) is 29.0. The number of thiol groups is 1. The molecule has 1 saturated heterocycles. The lowest BCUT2D eigenvalue weighted by molar-refractivity contribution is -0.126. The van der Waals surface area contributed by atoms with Gasteiger partial charge in [-0.25, -0.2) is 5.01 Å². The Kier molecular flexibility index (Phi) is 14.7. The number of aryl methyl sites for hydroxylation is 1. The summed E-state index contributed by atoms with van der Waals surface area (Å²) >= 11 is 4.98. The molecule has 7 nitrogen and oxygen atoms in total. The van der Waals surface area contributed by atoms with Gasteiger partial charge in [-0.3, -0.25) is 20.0 Å². The Labute approximate surface area is 271 Å². The predicted molar refractivity (Wildman–Crippen MR) is 187 cm³/mol. The fourth-order valence-electron chi connectivity index (χ4n) is 5.34. The van der Waals surface area contributed by atoms with Gasteiger partial charge in [0.05, 0.1) is 17.9 Å². The van der Waals surface area contributed by atoms with Gasteiger partial charge in [-0.05, 0) is 75.8 Å². The van der Waals surface area contributed by atoms with Crippen molar-refractivity contribution in [2.24, 2.45) is 5.92 Å². The average molecular weight is 621 g/mol. The van der Waals surface area contributed by atoms with Crippen molar-refractivity contribution in [2.75, 3.05) is 11.6 Å². The summed E-state index contributed by atoms with van der Waals surface area (Å²) in [5, 5.41) is 2.47. The van der Waals surface area contributed by atoms with E-state index in [9.17, 15) is 9.59 Å². The molecule has 44 heavy (non-hydrogen) atoms. The molecule has 2 aromatic carbocycles. The lowest BCUT2D eigenvalue weighted by Gasteiger charge is -2.47. The molecule has 1 aliphatic rings. The van der Waals surface area contributed by atoms with Crippen LogP contribution in [-0.2, 0) is 14.2 Å². The number of fused-ring (bicyclic) bond motifs is 1. The normalized spacial score (nSPS) is 14.8. The van der Waals surface area contributed by atoms with E-state index >= 15 is 0 Å². The molecule has 1 aliphatic heterocycles. The van der Waals surface area contributed by atoms with Crippen molar-refractivity contribution in [2.45, 2.75) is 105 Å². The second-order valence-electron chi connectivity index (χ2n) is 10.8. The van der Waals surface area contributed by atoms with Crippen molar-refractivity contribution in [1.29, 1.82) is 0 Å². The number of carbonyl (C=O) groups excluding carboxylic acids is 2. The first-order chi connectivity index (χ1) is 21.1. The minimum atomic E-state index is -0.652. The molecule has 1 fully saturated rings. The highest BCUT2D eigenvalue weighted by Gasteiger charge is 2.45. The quantitative estimate of drug-likeness (QED) is 0.126. The van der Waals surface area contributed by atoms with E-state index in [4.69, 9.17) is 22.0 Å². The first kappa shape index (κ1) is 37.2. The number of hydrogen-bond donors (Lipinski definition) is 2. The van der Waals surface area contributed by atoms with Crippen LogP contribution in [0.3, 0.4) is 0 Å². The van der Waals surface area contributed by atoms with Crippen molar-refractivity contribution >= 4 is 54.0 Å². The van der Waals surface area contributed by atoms with Gasteiger partial charge in [0.25, 0.3) is 11.8 Å². The lowest BCUT2D eigenvalue weighted by atomic mass is 9.75. The molecule has 9 heteroatoms. The number of carbonyl (C=O) groups is 2. The van der Waals surface area contributed by atoms with Gasteiger partial charge in [-0.15, -0.1) is 0 Å². The van der Waals surface area contributed by atoms with Gasteiger partial charge in [-0.1, -0.05) is 78.2 Å². The second kappa shape index (κ2) is 17.5. The minimum Gasteiger partial charge on any atom is -0.491 e. The van der Waals surface area contributed by atoms with Gasteiger partial charge < -0.3 is 9.39 Å². The maximum atomic E-state index is 12.1. The number of hydrazine groups is 1. The predicted octanol–water partition coefficient (Wildman–Crippen LogP) is 7.37. The Morgan fingerprint density at radius 2 is 1.59 bits per heavy atom. The van der Waals surface area contributed by atoms with E-state index in [2.05, 4.69) is 64.1 Å². The highest BCUT2D eigenvalue weighted by atomic mass is 32.1. The summed E-state index contributed by atoms with van der Waals surface area (Å²) in [6, 6.07) is 15.5. The summed E-state index contributed by atoms with van der Waals surface area (Å²) in [6.45, 7) is 19.1. The molecule has 1 radical (unpaired) electrons. The molecule has 0 bridgehead atoms. The van der Waals surface area contributed by atoms with E-state index < -0.39 is 5.92 Å². The van der Waals surface area contributed by atoms with Crippen LogP contribution < -0.4 is 20.6 Å². The highest BCUT2D eigenvalue weighted by Crippen LogP contribution is 2.42. The number of anilines is 1. The molecular weight excluding hydrogens is 569 g/mol. The van der Waals surface area contributed by atoms with Crippen LogP contribution >= 0.6 is 12.6 Å². The van der Waals surface area contributed by atoms with Gasteiger partial charge in [-0.2, -0.15) is 12.6 Å². The van der Waals surface area contributed by atoms with E-state index in [0.717, 1.165) is 55.4 Å². The maximum Gasteiger partial charge on any atom is 0.330 e. The maximum absolute atomic E-state index is 12.1. The molecule has 1 atom stereocenters. The summed E-state index contributed by atoms with van der Waals surface area (Å²) in [6.07, 6.45) is 6.42. The largest absolute Gasteiger partial charge is 0.491 e. The molecule has 2 amide bonds. The zero-order chi connectivity index (χ0) is 32.9. The number of hydrogen-bond acceptors (Lipinski definition) is 6. The van der Waals surface area contributed by atoms with Crippen LogP contribution in [0.1, 0.15) is 93.1 Å². The Bertz CT molecular complexity index is 1340. The Morgan fingerprint density at radius 1 is 0.955 bits per heavy atom. The minimum absolute atomic E-state index is 0.199. The van der Waals surface area contributed by atoms with Gasteiger partial charge in [0, 0.05) is 16.3 Å². The number of nitrogens with one attached hydrogen (secondary N) is 1. The third kappa shape index (κ3) is 8.36. The number of nitrogens with zero attached hydrogens (tertiary/aromatic N) is 2. The molecule has 1 N–H and O–H groups in total. The third-order valence-electron chi connectivity index (χ3n) is 8.35. The molecule has 1 unspecified atom stereocenters. The van der Waals surface area contributed by atoms with E-state index in [0.29, 0.717) is 5.69 Å². The molecule has 0 saturated carbocycles. The van der Waals surface area contributed by atoms with Gasteiger partial charge in [0.15, 0.2) is 0 Å². The number of aromatic nitrogens is 1. The summed E-state index contributed by atoms with van der Waals surface area (Å²) in [5.41, 5.74) is 5.99. The van der Waals surface area contributed by atoms with Crippen LogP contribution in [0.25, 0.3) is 10.9 Å². The summed E-state index contributed by atoms with van der Waals surface area (Å²) in [5.74, 6) is -0.285. The summed E-state index contributed by atoms with van der Waals surface area (Å²) < 4.78 is 11.8. The van der Waals surface area contributed by atoms with E-state index in [1.165, 1.54) is 16.0 Å². The molecule has 4 rings (SSSR count).